The topological polar surface area (TPSA) is 88.8 Å². The van der Waals surface area contributed by atoms with Crippen molar-refractivity contribution in [3.8, 4) is 0 Å². The molecule has 0 spiro atoms. The van der Waals surface area contributed by atoms with Crippen molar-refractivity contribution in [2.45, 2.75) is 25.8 Å². The van der Waals surface area contributed by atoms with E-state index < -0.39 is 4.92 Å². The average Bonchev–Trinajstić information content (AvgIpc) is 2.61. The number of rotatable bonds is 8. The van der Waals surface area contributed by atoms with Crippen LogP contribution in [0.4, 0.5) is 11.4 Å². The molecule has 6 nitrogen and oxygen atoms in total. The highest BCUT2D eigenvalue weighted by atomic mass is 79.9. The van der Waals surface area contributed by atoms with Gasteiger partial charge < -0.3 is 10.6 Å². The standard InChI is InChI=1S/C18H20BrN3O3/c1-2-3-11-20-17(13-7-5-4-6-8-13)18(23)21-16-10-9-14(22(24)25)12-15(16)19/h4-10,12,17,20H,2-3,11H2,1H3,(H,21,23)/p+1/t17-/m0/s1. The van der Waals surface area contributed by atoms with Gasteiger partial charge >= 0.3 is 0 Å². The van der Waals surface area contributed by atoms with Gasteiger partial charge in [-0.3, -0.25) is 14.9 Å². The smallest absolute Gasteiger partial charge is 0.287 e. The van der Waals surface area contributed by atoms with Gasteiger partial charge in [-0.25, -0.2) is 0 Å². The van der Waals surface area contributed by atoms with E-state index >= 15 is 0 Å². The summed E-state index contributed by atoms with van der Waals surface area (Å²) in [6.45, 7) is 2.96. The van der Waals surface area contributed by atoms with Gasteiger partial charge in [0.2, 0.25) is 0 Å². The van der Waals surface area contributed by atoms with Crippen LogP contribution in [-0.4, -0.2) is 17.4 Å². The Hall–Kier alpha value is -2.25. The fourth-order valence-corrected chi connectivity index (χ4v) is 2.94. The summed E-state index contributed by atoms with van der Waals surface area (Å²) in [5, 5.41) is 15.7. The van der Waals surface area contributed by atoms with E-state index in [9.17, 15) is 14.9 Å². The molecule has 0 saturated carbocycles. The number of nitrogens with one attached hydrogen (secondary N) is 1. The first-order valence-corrected chi connectivity index (χ1v) is 8.95. The molecular weight excluding hydrogens is 386 g/mol. The van der Waals surface area contributed by atoms with E-state index in [0.29, 0.717) is 10.2 Å². The quantitative estimate of drug-likeness (QED) is 0.399. The predicted molar refractivity (Wildman–Crippen MR) is 100 cm³/mol. The largest absolute Gasteiger partial charge is 0.332 e. The number of nitrogens with two attached hydrogens (primary N) is 1. The number of non-ortho nitro benzene ring substituents is 1. The summed E-state index contributed by atoms with van der Waals surface area (Å²) >= 11 is 3.28. The number of amides is 1. The SMILES string of the molecule is CCCC[NH2+][C@H](C(=O)Nc1ccc([N+](=O)[O-])cc1Br)c1ccccc1. The second kappa shape index (κ2) is 9.29. The molecule has 132 valence electrons. The van der Waals surface area contributed by atoms with Crippen molar-refractivity contribution < 1.29 is 15.0 Å². The Labute approximate surface area is 154 Å². The highest BCUT2D eigenvalue weighted by Gasteiger charge is 2.24. The third-order valence-electron chi connectivity index (χ3n) is 3.82. The van der Waals surface area contributed by atoms with Crippen molar-refractivity contribution >= 4 is 33.2 Å². The van der Waals surface area contributed by atoms with Crippen LogP contribution in [0.25, 0.3) is 0 Å². The third kappa shape index (κ3) is 5.37. The molecule has 0 aromatic heterocycles. The minimum Gasteiger partial charge on any atom is -0.332 e. The zero-order valence-corrected chi connectivity index (χ0v) is 15.5. The molecule has 0 aliphatic carbocycles. The number of nitrogens with zero attached hydrogens (tertiary/aromatic N) is 1. The number of hydrogen-bond acceptors (Lipinski definition) is 3. The van der Waals surface area contributed by atoms with Crippen LogP contribution in [0.15, 0.2) is 53.0 Å². The van der Waals surface area contributed by atoms with Crippen molar-refractivity contribution in [3.63, 3.8) is 0 Å². The summed E-state index contributed by atoms with van der Waals surface area (Å²) in [6, 6.07) is 13.5. The summed E-state index contributed by atoms with van der Waals surface area (Å²) in [6.07, 6.45) is 2.09. The van der Waals surface area contributed by atoms with Gasteiger partial charge in [-0.05, 0) is 28.4 Å². The highest BCUT2D eigenvalue weighted by molar-refractivity contribution is 9.10. The Bertz CT molecular complexity index is 738. The van der Waals surface area contributed by atoms with Crippen LogP contribution in [-0.2, 0) is 4.79 Å². The average molecular weight is 407 g/mol. The number of quaternary nitrogens is 1. The lowest BCUT2D eigenvalue weighted by Gasteiger charge is -2.16. The van der Waals surface area contributed by atoms with Crippen molar-refractivity contribution in [1.82, 2.24) is 0 Å². The Morgan fingerprint density at radius 3 is 2.60 bits per heavy atom. The van der Waals surface area contributed by atoms with Crippen molar-refractivity contribution in [1.29, 1.82) is 0 Å². The first-order chi connectivity index (χ1) is 12.0. The van der Waals surface area contributed by atoms with Gasteiger partial charge in [0.1, 0.15) is 0 Å². The molecule has 2 aromatic rings. The minimum atomic E-state index is -0.471. The van der Waals surface area contributed by atoms with E-state index in [1.54, 1.807) is 0 Å². The van der Waals surface area contributed by atoms with Crippen molar-refractivity contribution in [3.05, 3.63) is 68.7 Å². The van der Waals surface area contributed by atoms with Gasteiger partial charge in [0.25, 0.3) is 11.6 Å². The molecule has 25 heavy (non-hydrogen) atoms. The van der Waals surface area contributed by atoms with Crippen LogP contribution >= 0.6 is 15.9 Å². The highest BCUT2D eigenvalue weighted by Crippen LogP contribution is 2.27. The summed E-state index contributed by atoms with van der Waals surface area (Å²) in [5.41, 5.74) is 1.41. The number of nitro groups is 1. The Balaban J connectivity index is 2.17. The number of carbonyl (C=O) groups excluding carboxylic acids is 1. The molecule has 0 fully saturated rings. The molecule has 0 aliphatic heterocycles. The summed E-state index contributed by atoms with van der Waals surface area (Å²) in [5.74, 6) is -0.156. The summed E-state index contributed by atoms with van der Waals surface area (Å²) < 4.78 is 0.482. The van der Waals surface area contributed by atoms with Crippen LogP contribution in [0, 0.1) is 10.1 Å². The van der Waals surface area contributed by atoms with E-state index in [-0.39, 0.29) is 17.6 Å². The molecule has 0 radical (unpaired) electrons. The lowest BCUT2D eigenvalue weighted by atomic mass is 10.1. The monoisotopic (exact) mass is 406 g/mol. The molecule has 1 amide bonds. The first-order valence-electron chi connectivity index (χ1n) is 8.16. The lowest BCUT2D eigenvalue weighted by Crippen LogP contribution is -2.87. The molecular formula is C18H21BrN3O3+. The Kier molecular flexibility index (Phi) is 7.09. The molecule has 0 heterocycles. The second-order valence-corrected chi connectivity index (χ2v) is 6.53. The molecule has 2 aromatic carbocycles. The maximum atomic E-state index is 12.8. The van der Waals surface area contributed by atoms with Crippen LogP contribution < -0.4 is 10.6 Å². The maximum Gasteiger partial charge on any atom is 0.287 e. The van der Waals surface area contributed by atoms with E-state index in [2.05, 4.69) is 28.2 Å². The van der Waals surface area contributed by atoms with Gasteiger partial charge in [0, 0.05) is 22.2 Å². The molecule has 0 bridgehead atoms. The third-order valence-corrected chi connectivity index (χ3v) is 4.48. The molecule has 1 atom stereocenters. The van der Waals surface area contributed by atoms with Crippen LogP contribution in [0.1, 0.15) is 31.4 Å². The molecule has 2 rings (SSSR count). The molecule has 3 N–H and O–H groups in total. The number of unbranched alkanes of at least 4 members (excludes halogenated alkanes) is 1. The fourth-order valence-electron chi connectivity index (χ4n) is 2.47. The van der Waals surface area contributed by atoms with E-state index in [1.807, 2.05) is 35.6 Å². The molecule has 0 saturated heterocycles. The summed E-state index contributed by atoms with van der Waals surface area (Å²) in [4.78, 5) is 23.1. The number of carbonyl (C=O) groups is 1. The number of anilines is 1. The normalized spacial score (nSPS) is 11.8. The van der Waals surface area contributed by atoms with Crippen LogP contribution in [0.3, 0.4) is 0 Å². The van der Waals surface area contributed by atoms with Crippen LogP contribution in [0.2, 0.25) is 0 Å². The molecule has 0 unspecified atom stereocenters. The summed E-state index contributed by atoms with van der Waals surface area (Å²) in [7, 11) is 0. The van der Waals surface area contributed by atoms with Crippen LogP contribution in [0.5, 0.6) is 0 Å². The van der Waals surface area contributed by atoms with Gasteiger partial charge in [0.05, 0.1) is 17.2 Å². The fraction of sp³-hybridized carbons (Fsp3) is 0.278. The predicted octanol–water partition coefficient (Wildman–Crippen LogP) is 3.40. The zero-order valence-electron chi connectivity index (χ0n) is 13.9. The van der Waals surface area contributed by atoms with E-state index in [1.165, 1.54) is 18.2 Å². The zero-order chi connectivity index (χ0) is 18.2. The van der Waals surface area contributed by atoms with E-state index in [0.717, 1.165) is 24.9 Å². The number of benzene rings is 2. The maximum absolute atomic E-state index is 12.8. The molecule has 0 aliphatic rings. The van der Waals surface area contributed by atoms with Gasteiger partial charge in [-0.1, -0.05) is 43.7 Å². The van der Waals surface area contributed by atoms with Crippen molar-refractivity contribution in [2.24, 2.45) is 0 Å². The lowest BCUT2D eigenvalue weighted by molar-refractivity contribution is -0.682. The number of nitro benzene ring substituents is 1. The van der Waals surface area contributed by atoms with Gasteiger partial charge in [0.15, 0.2) is 6.04 Å². The van der Waals surface area contributed by atoms with Crippen molar-refractivity contribution in [2.75, 3.05) is 11.9 Å². The minimum absolute atomic E-state index is 0.0287. The first kappa shape index (κ1) is 19.1. The van der Waals surface area contributed by atoms with E-state index in [4.69, 9.17) is 0 Å². The second-order valence-electron chi connectivity index (χ2n) is 5.68. The Morgan fingerprint density at radius 1 is 1.28 bits per heavy atom. The van der Waals surface area contributed by atoms with Gasteiger partial charge in [-0.15, -0.1) is 0 Å². The van der Waals surface area contributed by atoms with Gasteiger partial charge in [-0.2, -0.15) is 0 Å². The number of hydrogen-bond donors (Lipinski definition) is 2. The Morgan fingerprint density at radius 2 is 2.00 bits per heavy atom. The number of halogens is 1. The molecule has 7 heteroatoms.